The van der Waals surface area contributed by atoms with Crippen LogP contribution in [0.1, 0.15) is 48.3 Å². The van der Waals surface area contributed by atoms with Crippen molar-refractivity contribution in [2.45, 2.75) is 46.1 Å². The molecule has 2 N–H and O–H groups in total. The van der Waals surface area contributed by atoms with Crippen molar-refractivity contribution in [2.24, 2.45) is 5.92 Å². The number of nitrogens with one attached hydrogen (secondary N) is 1. The molecule has 30 heavy (non-hydrogen) atoms. The molecule has 0 saturated carbocycles. The highest BCUT2D eigenvalue weighted by molar-refractivity contribution is 5.87. The molecule has 1 unspecified atom stereocenters. The second-order valence-corrected chi connectivity index (χ2v) is 7.16. The fourth-order valence-corrected chi connectivity index (χ4v) is 2.86. The quantitative estimate of drug-likeness (QED) is 0.594. The van der Waals surface area contributed by atoms with Gasteiger partial charge in [-0.1, -0.05) is 38.1 Å². The van der Waals surface area contributed by atoms with Crippen molar-refractivity contribution in [3.05, 3.63) is 65.2 Å². The smallest absolute Gasteiger partial charge is 0.387 e. The van der Waals surface area contributed by atoms with E-state index in [0.717, 1.165) is 5.56 Å². The normalized spacial score (nSPS) is 13.2. The van der Waals surface area contributed by atoms with Crippen LogP contribution in [0.25, 0.3) is 0 Å². The Labute approximate surface area is 173 Å². The molecule has 2 atom stereocenters. The van der Waals surface area contributed by atoms with E-state index in [1.807, 2.05) is 13.8 Å². The zero-order valence-electron chi connectivity index (χ0n) is 17.0. The van der Waals surface area contributed by atoms with E-state index in [1.54, 1.807) is 31.2 Å². The number of hydrogen-bond acceptors (Lipinski definition) is 4. The predicted molar refractivity (Wildman–Crippen MR) is 106 cm³/mol. The number of carboxylic acid groups (broad SMARTS) is 1. The topological polar surface area (TPSA) is 84.9 Å². The summed E-state index contributed by atoms with van der Waals surface area (Å²) in [5.74, 6) is -1.45. The molecule has 2 aromatic rings. The fraction of sp³-hybridized carbons (Fsp3) is 0.364. The van der Waals surface area contributed by atoms with E-state index in [-0.39, 0.29) is 35.8 Å². The Morgan fingerprint density at radius 3 is 2.30 bits per heavy atom. The van der Waals surface area contributed by atoms with Gasteiger partial charge in [-0.25, -0.2) is 4.79 Å². The number of carbonyl (C=O) groups is 2. The molecule has 0 aliphatic rings. The van der Waals surface area contributed by atoms with Crippen molar-refractivity contribution in [3.63, 3.8) is 0 Å². The summed E-state index contributed by atoms with van der Waals surface area (Å²) >= 11 is 0. The van der Waals surface area contributed by atoms with Crippen molar-refractivity contribution in [1.82, 2.24) is 5.32 Å². The number of carboxylic acids is 1. The molecular weight excluding hydrogens is 396 g/mol. The van der Waals surface area contributed by atoms with Crippen molar-refractivity contribution in [3.8, 4) is 5.75 Å². The lowest BCUT2D eigenvalue weighted by atomic mass is 10.0. The maximum atomic E-state index is 12.7. The molecule has 0 heterocycles. The second kappa shape index (κ2) is 10.7. The predicted octanol–water partition coefficient (Wildman–Crippen LogP) is 4.40. The van der Waals surface area contributed by atoms with Gasteiger partial charge in [0.2, 0.25) is 5.91 Å². The number of halogens is 2. The van der Waals surface area contributed by atoms with Gasteiger partial charge in [-0.05, 0) is 48.2 Å². The average Bonchev–Trinajstić information content (AvgIpc) is 2.67. The van der Waals surface area contributed by atoms with E-state index >= 15 is 0 Å². The molecule has 0 bridgehead atoms. The van der Waals surface area contributed by atoms with Crippen LogP contribution in [0, 0.1) is 5.92 Å². The van der Waals surface area contributed by atoms with Gasteiger partial charge in [0.1, 0.15) is 11.9 Å². The summed E-state index contributed by atoms with van der Waals surface area (Å²) in [5.41, 5.74) is 1.52. The zero-order valence-corrected chi connectivity index (χ0v) is 17.0. The molecule has 0 radical (unpaired) electrons. The summed E-state index contributed by atoms with van der Waals surface area (Å²) in [6.07, 6.45) is -0.759. The Bertz CT molecular complexity index is 855. The minimum absolute atomic E-state index is 0.0232. The molecule has 0 fully saturated rings. The van der Waals surface area contributed by atoms with Gasteiger partial charge in [-0.3, -0.25) is 4.79 Å². The first-order valence-electron chi connectivity index (χ1n) is 9.46. The highest BCUT2D eigenvalue weighted by Gasteiger charge is 2.25. The number of carbonyl (C=O) groups excluding carboxylic acids is 1. The monoisotopic (exact) mass is 421 g/mol. The lowest BCUT2D eigenvalue weighted by molar-refractivity contribution is -0.137. The first-order valence-corrected chi connectivity index (χ1v) is 9.46. The van der Waals surface area contributed by atoms with Gasteiger partial charge in [0, 0.05) is 0 Å². The first-order chi connectivity index (χ1) is 14.2. The van der Waals surface area contributed by atoms with Gasteiger partial charge in [0.25, 0.3) is 0 Å². The molecule has 162 valence electrons. The number of alkyl halides is 2. The molecule has 0 saturated heterocycles. The van der Waals surface area contributed by atoms with Crippen molar-refractivity contribution >= 4 is 11.9 Å². The minimum atomic E-state index is -2.92. The molecule has 0 aliphatic carbocycles. The molecule has 0 aromatic heterocycles. The third-order valence-corrected chi connectivity index (χ3v) is 4.43. The third kappa shape index (κ3) is 6.81. The van der Waals surface area contributed by atoms with Crippen LogP contribution >= 0.6 is 0 Å². The van der Waals surface area contributed by atoms with Crippen LogP contribution in [-0.2, 0) is 16.1 Å². The van der Waals surface area contributed by atoms with Crippen LogP contribution in [0.15, 0.2) is 48.5 Å². The largest absolute Gasteiger partial charge is 0.478 e. The van der Waals surface area contributed by atoms with Gasteiger partial charge in [-0.15, -0.1) is 0 Å². The average molecular weight is 421 g/mol. The zero-order chi connectivity index (χ0) is 22.3. The van der Waals surface area contributed by atoms with E-state index in [1.165, 1.54) is 24.3 Å². The van der Waals surface area contributed by atoms with Crippen molar-refractivity contribution in [2.75, 3.05) is 0 Å². The van der Waals surface area contributed by atoms with E-state index in [0.29, 0.717) is 5.56 Å². The van der Waals surface area contributed by atoms with E-state index in [9.17, 15) is 18.4 Å². The number of amides is 1. The second-order valence-electron chi connectivity index (χ2n) is 7.16. The fourth-order valence-electron chi connectivity index (χ4n) is 2.86. The maximum absolute atomic E-state index is 12.7. The molecule has 0 aliphatic heterocycles. The van der Waals surface area contributed by atoms with Gasteiger partial charge >= 0.3 is 12.6 Å². The Hall–Kier alpha value is -3.00. The Morgan fingerprint density at radius 1 is 1.07 bits per heavy atom. The SMILES string of the molecule is CC(C)C(OCc1cccc(OC(F)F)c1)C(=O)N[C@@H](C)c1ccc(C(=O)O)cc1. The number of hydrogen-bond donors (Lipinski definition) is 2. The third-order valence-electron chi connectivity index (χ3n) is 4.43. The van der Waals surface area contributed by atoms with E-state index in [2.05, 4.69) is 10.1 Å². The minimum Gasteiger partial charge on any atom is -0.478 e. The van der Waals surface area contributed by atoms with Crippen LogP contribution in [0.5, 0.6) is 5.75 Å². The molecular formula is C22H25F2NO5. The van der Waals surface area contributed by atoms with Crippen molar-refractivity contribution in [1.29, 1.82) is 0 Å². The summed E-state index contributed by atoms with van der Waals surface area (Å²) < 4.78 is 34.9. The van der Waals surface area contributed by atoms with Gasteiger partial charge < -0.3 is 19.9 Å². The van der Waals surface area contributed by atoms with E-state index in [4.69, 9.17) is 9.84 Å². The molecule has 6 nitrogen and oxygen atoms in total. The highest BCUT2D eigenvalue weighted by Crippen LogP contribution is 2.19. The van der Waals surface area contributed by atoms with Crippen LogP contribution in [0.2, 0.25) is 0 Å². The van der Waals surface area contributed by atoms with Gasteiger partial charge in [-0.2, -0.15) is 8.78 Å². The van der Waals surface area contributed by atoms with E-state index < -0.39 is 18.7 Å². The number of rotatable bonds is 10. The lowest BCUT2D eigenvalue weighted by Crippen LogP contribution is -2.40. The van der Waals surface area contributed by atoms with Gasteiger partial charge in [0.05, 0.1) is 18.2 Å². The van der Waals surface area contributed by atoms with Gasteiger partial charge in [0.15, 0.2) is 0 Å². The Kier molecular flexibility index (Phi) is 8.29. The van der Waals surface area contributed by atoms with Crippen LogP contribution in [0.3, 0.4) is 0 Å². The summed E-state index contributed by atoms with van der Waals surface area (Å²) in [6, 6.07) is 12.0. The Morgan fingerprint density at radius 2 is 1.73 bits per heavy atom. The summed E-state index contributed by atoms with van der Waals surface area (Å²) in [5, 5.41) is 11.8. The summed E-state index contributed by atoms with van der Waals surface area (Å²) in [7, 11) is 0. The van der Waals surface area contributed by atoms with Crippen LogP contribution in [0.4, 0.5) is 8.78 Å². The summed E-state index contributed by atoms with van der Waals surface area (Å²) in [4.78, 5) is 23.7. The van der Waals surface area contributed by atoms with Crippen LogP contribution < -0.4 is 10.1 Å². The Balaban J connectivity index is 1.99. The first kappa shape index (κ1) is 23.3. The molecule has 2 rings (SSSR count). The van der Waals surface area contributed by atoms with Crippen LogP contribution in [-0.4, -0.2) is 29.7 Å². The maximum Gasteiger partial charge on any atom is 0.387 e. The molecule has 0 spiro atoms. The van der Waals surface area contributed by atoms with Crippen molar-refractivity contribution < 1.29 is 33.0 Å². The number of ether oxygens (including phenoxy) is 2. The number of aromatic carboxylic acids is 1. The number of benzene rings is 2. The molecule has 1 amide bonds. The summed E-state index contributed by atoms with van der Waals surface area (Å²) in [6.45, 7) is 2.61. The standard InChI is InChI=1S/C22H25F2NO5/c1-13(2)19(29-12-15-5-4-6-18(11-15)30-22(23)24)20(26)25-14(3)16-7-9-17(10-8-16)21(27)28/h4-11,13-14,19,22H,12H2,1-3H3,(H,25,26)(H,27,28)/t14-,19?/m0/s1. The molecule has 2 aromatic carbocycles. The molecule has 8 heteroatoms. The highest BCUT2D eigenvalue weighted by atomic mass is 19.3. The lowest BCUT2D eigenvalue weighted by Gasteiger charge is -2.24.